The molecule has 0 bridgehead atoms. The zero-order valence-corrected chi connectivity index (χ0v) is 18.9. The number of pyridine rings is 1. The summed E-state index contributed by atoms with van der Waals surface area (Å²) in [5.41, 5.74) is 4.56. The first kappa shape index (κ1) is 21.5. The van der Waals surface area contributed by atoms with Crippen molar-refractivity contribution in [1.82, 2.24) is 9.29 Å². The van der Waals surface area contributed by atoms with Gasteiger partial charge in [0.05, 0.1) is 16.0 Å². The van der Waals surface area contributed by atoms with Crippen molar-refractivity contribution in [2.24, 2.45) is 0 Å². The van der Waals surface area contributed by atoms with Crippen LogP contribution >= 0.6 is 0 Å². The van der Waals surface area contributed by atoms with Gasteiger partial charge in [-0.1, -0.05) is 38.1 Å². The third-order valence-electron chi connectivity index (χ3n) is 5.92. The molecule has 6 nitrogen and oxygen atoms in total. The van der Waals surface area contributed by atoms with Crippen LogP contribution in [0.3, 0.4) is 0 Å². The molecule has 0 radical (unpaired) electrons. The van der Waals surface area contributed by atoms with Crippen LogP contribution in [0.1, 0.15) is 47.4 Å². The molecule has 1 aliphatic rings. The normalized spacial score (nSPS) is 13.5. The van der Waals surface area contributed by atoms with E-state index in [0.29, 0.717) is 29.9 Å². The predicted octanol–water partition coefficient (Wildman–Crippen LogP) is 4.31. The first-order chi connectivity index (χ1) is 14.9. The first-order valence-corrected chi connectivity index (χ1v) is 12.1. The Morgan fingerprint density at radius 2 is 1.84 bits per heavy atom. The van der Waals surface area contributed by atoms with Gasteiger partial charge in [-0.25, -0.2) is 8.42 Å². The lowest BCUT2D eigenvalue weighted by Crippen LogP contribution is -2.31. The van der Waals surface area contributed by atoms with Gasteiger partial charge in [0.15, 0.2) is 0 Å². The SMILES string of the molecule is CCN(CC)S(=O)(=O)c1cc(NC(=O)c2c3c(nc4ccccc24)CCC3)ccc1C. The van der Waals surface area contributed by atoms with Gasteiger partial charge in [-0.15, -0.1) is 0 Å². The van der Waals surface area contributed by atoms with E-state index in [1.54, 1.807) is 25.1 Å². The van der Waals surface area contributed by atoms with Crippen LogP contribution in [0.15, 0.2) is 47.4 Å². The molecule has 0 saturated carbocycles. The summed E-state index contributed by atoms with van der Waals surface area (Å²) in [6, 6.07) is 12.7. The van der Waals surface area contributed by atoms with Gasteiger partial charge in [0.25, 0.3) is 5.91 Å². The van der Waals surface area contributed by atoms with E-state index < -0.39 is 10.0 Å². The molecule has 31 heavy (non-hydrogen) atoms. The lowest BCUT2D eigenvalue weighted by molar-refractivity contribution is 0.102. The molecular formula is C24H27N3O3S. The second-order valence-corrected chi connectivity index (χ2v) is 9.71. The largest absolute Gasteiger partial charge is 0.322 e. The smallest absolute Gasteiger partial charge is 0.256 e. The van der Waals surface area contributed by atoms with Crippen LogP contribution in [0, 0.1) is 6.92 Å². The highest BCUT2D eigenvalue weighted by molar-refractivity contribution is 7.89. The molecule has 1 aliphatic carbocycles. The van der Waals surface area contributed by atoms with Crippen LogP contribution in [0.2, 0.25) is 0 Å². The van der Waals surface area contributed by atoms with E-state index >= 15 is 0 Å². The van der Waals surface area contributed by atoms with Crippen LogP contribution in [0.25, 0.3) is 10.9 Å². The monoisotopic (exact) mass is 437 g/mol. The summed E-state index contributed by atoms with van der Waals surface area (Å²) in [5.74, 6) is -0.230. The fourth-order valence-corrected chi connectivity index (χ4v) is 6.03. The molecule has 1 N–H and O–H groups in total. The average Bonchev–Trinajstić information content (AvgIpc) is 3.21. The van der Waals surface area contributed by atoms with Crippen molar-refractivity contribution in [2.45, 2.75) is 44.9 Å². The number of aryl methyl sites for hydroxylation is 2. The van der Waals surface area contributed by atoms with Crippen molar-refractivity contribution in [3.05, 3.63) is 64.8 Å². The highest BCUT2D eigenvalue weighted by Gasteiger charge is 2.26. The summed E-state index contributed by atoms with van der Waals surface area (Å²) in [5, 5.41) is 3.77. The maximum atomic E-state index is 13.4. The van der Waals surface area contributed by atoms with Crippen LogP contribution in [0.5, 0.6) is 0 Å². The third kappa shape index (κ3) is 3.83. The summed E-state index contributed by atoms with van der Waals surface area (Å²) in [6.07, 6.45) is 2.68. The number of fused-ring (bicyclic) bond motifs is 2. The topological polar surface area (TPSA) is 79.4 Å². The molecule has 1 aromatic heterocycles. The van der Waals surface area contributed by atoms with Gasteiger partial charge in [-0.3, -0.25) is 9.78 Å². The zero-order chi connectivity index (χ0) is 22.2. The van der Waals surface area contributed by atoms with E-state index in [4.69, 9.17) is 4.98 Å². The van der Waals surface area contributed by atoms with E-state index in [9.17, 15) is 13.2 Å². The van der Waals surface area contributed by atoms with Crippen molar-refractivity contribution in [1.29, 1.82) is 0 Å². The Morgan fingerprint density at radius 1 is 1.10 bits per heavy atom. The quantitative estimate of drug-likeness (QED) is 0.623. The summed E-state index contributed by atoms with van der Waals surface area (Å²) in [7, 11) is -3.63. The molecule has 0 atom stereocenters. The number of nitrogens with one attached hydrogen (secondary N) is 1. The highest BCUT2D eigenvalue weighted by atomic mass is 32.2. The van der Waals surface area contributed by atoms with Crippen molar-refractivity contribution in [2.75, 3.05) is 18.4 Å². The van der Waals surface area contributed by atoms with E-state index in [1.807, 2.05) is 38.1 Å². The zero-order valence-electron chi connectivity index (χ0n) is 18.1. The number of nitrogens with zero attached hydrogens (tertiary/aromatic N) is 2. The maximum Gasteiger partial charge on any atom is 0.256 e. The Labute approximate surface area is 183 Å². The number of benzene rings is 2. The van der Waals surface area contributed by atoms with E-state index in [-0.39, 0.29) is 10.8 Å². The van der Waals surface area contributed by atoms with E-state index in [0.717, 1.165) is 41.4 Å². The molecule has 1 heterocycles. The Bertz CT molecular complexity index is 1260. The Hall–Kier alpha value is -2.77. The number of hydrogen-bond acceptors (Lipinski definition) is 4. The van der Waals surface area contributed by atoms with Crippen LogP contribution in [-0.4, -0.2) is 36.7 Å². The van der Waals surface area contributed by atoms with Crippen molar-refractivity contribution < 1.29 is 13.2 Å². The Morgan fingerprint density at radius 3 is 2.58 bits per heavy atom. The molecule has 3 aromatic rings. The van der Waals surface area contributed by atoms with Gasteiger partial charge in [0.1, 0.15) is 0 Å². The molecular weight excluding hydrogens is 410 g/mol. The highest BCUT2D eigenvalue weighted by Crippen LogP contribution is 2.31. The number of rotatable bonds is 6. The Kier molecular flexibility index (Phi) is 5.81. The standard InChI is InChI=1S/C24H27N3O3S/c1-4-27(5-2)31(29,30)22-15-17(14-13-16(22)3)25-24(28)23-18-9-6-7-11-20(18)26-21-12-8-10-19(21)23/h6-7,9,11,13-15H,4-5,8,10,12H2,1-3H3,(H,25,28). The van der Waals surface area contributed by atoms with Crippen LogP contribution in [0.4, 0.5) is 5.69 Å². The minimum absolute atomic E-state index is 0.221. The number of carbonyl (C=O) groups excluding carboxylic acids is 1. The van der Waals surface area contributed by atoms with E-state index in [2.05, 4.69) is 5.32 Å². The van der Waals surface area contributed by atoms with Crippen molar-refractivity contribution in [3.8, 4) is 0 Å². The molecule has 0 fully saturated rings. The summed E-state index contributed by atoms with van der Waals surface area (Å²) < 4.78 is 27.5. The number of aromatic nitrogens is 1. The fraction of sp³-hybridized carbons (Fsp3) is 0.333. The predicted molar refractivity (Wildman–Crippen MR) is 123 cm³/mol. The van der Waals surface area contributed by atoms with Gasteiger partial charge in [-0.05, 0) is 55.5 Å². The number of sulfonamides is 1. The number of hydrogen-bond donors (Lipinski definition) is 1. The molecule has 0 spiro atoms. The molecule has 7 heteroatoms. The van der Waals surface area contributed by atoms with Crippen molar-refractivity contribution in [3.63, 3.8) is 0 Å². The van der Waals surface area contributed by atoms with Crippen LogP contribution in [-0.2, 0) is 22.9 Å². The second kappa shape index (κ2) is 8.40. The average molecular weight is 438 g/mol. The van der Waals surface area contributed by atoms with E-state index in [1.165, 1.54) is 4.31 Å². The fourth-order valence-electron chi connectivity index (χ4n) is 4.32. The molecule has 1 amide bonds. The summed E-state index contributed by atoms with van der Waals surface area (Å²) in [4.78, 5) is 18.3. The molecule has 0 unspecified atom stereocenters. The Balaban J connectivity index is 1.75. The second-order valence-electron chi connectivity index (χ2n) is 7.81. The molecule has 162 valence electrons. The molecule has 2 aromatic carbocycles. The minimum Gasteiger partial charge on any atom is -0.322 e. The lowest BCUT2D eigenvalue weighted by Gasteiger charge is -2.20. The number of carbonyl (C=O) groups is 1. The third-order valence-corrected chi connectivity index (χ3v) is 8.11. The first-order valence-electron chi connectivity index (χ1n) is 10.7. The number of amides is 1. The van der Waals surface area contributed by atoms with Gasteiger partial charge in [-0.2, -0.15) is 4.31 Å². The summed E-state index contributed by atoms with van der Waals surface area (Å²) in [6.45, 7) is 6.19. The lowest BCUT2D eigenvalue weighted by atomic mass is 10.0. The molecule has 0 saturated heterocycles. The molecule has 4 rings (SSSR count). The van der Waals surface area contributed by atoms with Gasteiger partial charge < -0.3 is 5.32 Å². The van der Waals surface area contributed by atoms with Crippen molar-refractivity contribution >= 4 is 32.5 Å². The number of para-hydroxylation sites is 1. The molecule has 0 aliphatic heterocycles. The van der Waals surface area contributed by atoms with Gasteiger partial charge in [0, 0.05) is 29.9 Å². The van der Waals surface area contributed by atoms with Crippen LogP contribution < -0.4 is 5.32 Å². The van der Waals surface area contributed by atoms with Gasteiger partial charge in [0.2, 0.25) is 10.0 Å². The van der Waals surface area contributed by atoms with Gasteiger partial charge >= 0.3 is 0 Å². The number of anilines is 1. The maximum absolute atomic E-state index is 13.4. The summed E-state index contributed by atoms with van der Waals surface area (Å²) >= 11 is 0. The minimum atomic E-state index is -3.63.